The van der Waals surface area contributed by atoms with Crippen LogP contribution in [0.4, 0.5) is 0 Å². The van der Waals surface area contributed by atoms with Crippen molar-refractivity contribution in [2.45, 2.75) is 0 Å². The van der Waals surface area contributed by atoms with Gasteiger partial charge in [-0.1, -0.05) is 0 Å². The minimum Gasteiger partial charge on any atom is -0.502 e. The first-order valence-electron chi connectivity index (χ1n) is 2.01. The van der Waals surface area contributed by atoms with Gasteiger partial charge in [-0.25, -0.2) is 4.79 Å². The molecule has 0 amide bonds. The van der Waals surface area contributed by atoms with Gasteiger partial charge in [-0.05, 0) is 6.08 Å². The fourth-order valence-electron chi connectivity index (χ4n) is 0.199. The van der Waals surface area contributed by atoms with E-state index in [2.05, 4.69) is 0 Å². The van der Waals surface area contributed by atoms with Crippen LogP contribution >= 0.6 is 0 Å². The van der Waals surface area contributed by atoms with Crippen molar-refractivity contribution in [3.05, 3.63) is 11.8 Å². The summed E-state index contributed by atoms with van der Waals surface area (Å²) >= 11 is 0. The zero-order chi connectivity index (χ0) is 6.57. The molecule has 46 valence electrons. The second-order valence-electron chi connectivity index (χ2n) is 1.13. The van der Waals surface area contributed by atoms with Crippen molar-refractivity contribution in [3.63, 3.8) is 0 Å². The molecule has 0 aromatic carbocycles. The van der Waals surface area contributed by atoms with Gasteiger partial charge in [-0.2, -0.15) is 0 Å². The van der Waals surface area contributed by atoms with E-state index in [4.69, 9.17) is 15.9 Å². The van der Waals surface area contributed by atoms with Crippen molar-refractivity contribution in [1.82, 2.24) is 0 Å². The summed E-state index contributed by atoms with van der Waals surface area (Å²) < 4.78 is 0. The maximum Gasteiger partial charge on any atom is 0.370 e. The highest BCUT2D eigenvalue weighted by molar-refractivity contribution is 5.83. The van der Waals surface area contributed by atoms with E-state index in [0.29, 0.717) is 0 Å². The van der Waals surface area contributed by atoms with E-state index < -0.39 is 11.7 Å². The second-order valence-corrected chi connectivity index (χ2v) is 1.13. The zero-order valence-electron chi connectivity index (χ0n) is 4.16. The van der Waals surface area contributed by atoms with Gasteiger partial charge >= 0.3 is 5.97 Å². The van der Waals surface area contributed by atoms with Gasteiger partial charge in [-0.3, -0.25) is 0 Å². The predicted molar refractivity (Wildman–Crippen MR) is 27.4 cm³/mol. The van der Waals surface area contributed by atoms with Crippen LogP contribution in [0, 0.1) is 0 Å². The van der Waals surface area contributed by atoms with Gasteiger partial charge in [0, 0.05) is 6.54 Å². The summed E-state index contributed by atoms with van der Waals surface area (Å²) in [5.41, 5.74) is 4.87. The maximum atomic E-state index is 9.72. The first-order valence-corrected chi connectivity index (χ1v) is 2.01. The Morgan fingerprint density at radius 3 is 2.25 bits per heavy atom. The molecule has 0 fully saturated rings. The van der Waals surface area contributed by atoms with Crippen LogP contribution in [0.15, 0.2) is 11.8 Å². The molecule has 0 radical (unpaired) electrons. The monoisotopic (exact) mass is 117 g/mol. The van der Waals surface area contributed by atoms with Crippen LogP contribution in [0.2, 0.25) is 0 Å². The molecule has 0 spiro atoms. The first-order chi connectivity index (χ1) is 3.68. The minimum absolute atomic E-state index is 0.0398. The summed E-state index contributed by atoms with van der Waals surface area (Å²) in [6.45, 7) is 0.0398. The molecule has 0 aromatic rings. The van der Waals surface area contributed by atoms with E-state index in [0.717, 1.165) is 6.08 Å². The Hall–Kier alpha value is -1.03. The molecule has 0 saturated heterocycles. The van der Waals surface area contributed by atoms with E-state index in [1.807, 2.05) is 0 Å². The highest BCUT2D eigenvalue weighted by Gasteiger charge is 1.99. The number of aliphatic hydroxyl groups excluding tert-OH is 1. The topological polar surface area (TPSA) is 83.5 Å². The third-order valence-electron chi connectivity index (χ3n) is 0.530. The zero-order valence-corrected chi connectivity index (χ0v) is 4.16. The molecule has 4 nitrogen and oxygen atoms in total. The highest BCUT2D eigenvalue weighted by atomic mass is 16.4. The number of nitrogens with two attached hydrogens (primary N) is 1. The molecule has 0 heterocycles. The molecule has 0 aliphatic heterocycles. The maximum absolute atomic E-state index is 9.72. The summed E-state index contributed by atoms with van der Waals surface area (Å²) in [6.07, 6.45) is 1.02. The van der Waals surface area contributed by atoms with Crippen molar-refractivity contribution in [2.24, 2.45) is 5.73 Å². The molecule has 0 rings (SSSR count). The van der Waals surface area contributed by atoms with Gasteiger partial charge < -0.3 is 15.9 Å². The third kappa shape index (κ3) is 2.20. The largest absolute Gasteiger partial charge is 0.502 e. The lowest BCUT2D eigenvalue weighted by atomic mass is 10.4. The third-order valence-corrected chi connectivity index (χ3v) is 0.530. The van der Waals surface area contributed by atoms with Crippen molar-refractivity contribution < 1.29 is 15.0 Å². The minimum atomic E-state index is -1.35. The van der Waals surface area contributed by atoms with E-state index in [1.165, 1.54) is 0 Å². The molecular weight excluding hydrogens is 110 g/mol. The molecule has 4 N–H and O–H groups in total. The van der Waals surface area contributed by atoms with Crippen molar-refractivity contribution in [1.29, 1.82) is 0 Å². The Bertz CT molecular complexity index is 118. The molecule has 0 aromatic heterocycles. The Morgan fingerprint density at radius 2 is 2.12 bits per heavy atom. The molecule has 0 bridgehead atoms. The molecule has 0 saturated carbocycles. The molecule has 8 heavy (non-hydrogen) atoms. The number of hydrogen-bond donors (Lipinski definition) is 3. The number of carboxylic acid groups (broad SMARTS) is 1. The summed E-state index contributed by atoms with van der Waals surface area (Å²) in [7, 11) is 0. The van der Waals surface area contributed by atoms with Crippen LogP contribution in [0.1, 0.15) is 0 Å². The van der Waals surface area contributed by atoms with Gasteiger partial charge in [-0.15, -0.1) is 0 Å². The van der Waals surface area contributed by atoms with Crippen LogP contribution < -0.4 is 5.73 Å². The van der Waals surface area contributed by atoms with E-state index in [-0.39, 0.29) is 6.54 Å². The average Bonchev–Trinajstić information content (AvgIpc) is 1.67. The summed E-state index contributed by atoms with van der Waals surface area (Å²) in [6, 6.07) is 0. The molecular formula is C4H7NO3. The Balaban J connectivity index is 3.80. The molecule has 0 aliphatic carbocycles. The highest BCUT2D eigenvalue weighted by Crippen LogP contribution is 1.83. The van der Waals surface area contributed by atoms with Gasteiger partial charge in [0.2, 0.25) is 0 Å². The summed E-state index contributed by atoms with van der Waals surface area (Å²) in [5, 5.41) is 16.2. The smallest absolute Gasteiger partial charge is 0.370 e. The summed E-state index contributed by atoms with van der Waals surface area (Å²) in [4.78, 5) is 9.72. The van der Waals surface area contributed by atoms with Crippen LogP contribution in [-0.4, -0.2) is 22.7 Å². The Morgan fingerprint density at radius 1 is 1.62 bits per heavy atom. The fraction of sp³-hybridized carbons (Fsp3) is 0.250. The van der Waals surface area contributed by atoms with E-state index >= 15 is 0 Å². The number of carbonyl (C=O) groups is 1. The van der Waals surface area contributed by atoms with Crippen LogP contribution in [0.5, 0.6) is 0 Å². The first kappa shape index (κ1) is 6.97. The Kier molecular flexibility index (Phi) is 2.64. The molecule has 0 atom stereocenters. The lowest BCUT2D eigenvalue weighted by Crippen LogP contribution is -2.03. The van der Waals surface area contributed by atoms with Gasteiger partial charge in [0.05, 0.1) is 0 Å². The molecule has 0 aliphatic rings. The van der Waals surface area contributed by atoms with Gasteiger partial charge in [0.15, 0.2) is 5.76 Å². The van der Waals surface area contributed by atoms with Gasteiger partial charge in [0.1, 0.15) is 0 Å². The number of carboxylic acids is 1. The number of aliphatic carboxylic acids is 1. The second kappa shape index (κ2) is 3.04. The van der Waals surface area contributed by atoms with Gasteiger partial charge in [0.25, 0.3) is 0 Å². The number of aliphatic hydroxyl groups is 1. The average molecular weight is 117 g/mol. The van der Waals surface area contributed by atoms with Crippen LogP contribution in [0.25, 0.3) is 0 Å². The van der Waals surface area contributed by atoms with Crippen molar-refractivity contribution in [2.75, 3.05) is 6.54 Å². The van der Waals surface area contributed by atoms with Crippen LogP contribution in [-0.2, 0) is 4.79 Å². The fourth-order valence-corrected chi connectivity index (χ4v) is 0.199. The van der Waals surface area contributed by atoms with Crippen molar-refractivity contribution >= 4 is 5.97 Å². The predicted octanol–water partition coefficient (Wildman–Crippen LogP) is -0.528. The SMILES string of the molecule is NC/C=C(\O)C(=O)O. The van der Waals surface area contributed by atoms with Crippen LogP contribution in [0.3, 0.4) is 0 Å². The quantitative estimate of drug-likeness (QED) is 0.335. The lowest BCUT2D eigenvalue weighted by Gasteiger charge is -1.86. The molecule has 0 unspecified atom stereocenters. The van der Waals surface area contributed by atoms with Crippen molar-refractivity contribution in [3.8, 4) is 0 Å². The standard InChI is InChI=1S/C4H7NO3/c5-2-1-3(6)4(7)8/h1,6H,2,5H2,(H,7,8)/b3-1-. The number of hydrogen-bond acceptors (Lipinski definition) is 3. The van der Waals surface area contributed by atoms with E-state index in [9.17, 15) is 4.79 Å². The van der Waals surface area contributed by atoms with E-state index in [1.54, 1.807) is 0 Å². The Labute approximate surface area is 46.2 Å². The summed E-state index contributed by atoms with van der Waals surface area (Å²) in [5.74, 6) is -2.05. The molecule has 4 heteroatoms. The normalized spacial score (nSPS) is 11.4. The lowest BCUT2D eigenvalue weighted by molar-refractivity contribution is -0.135. The number of rotatable bonds is 2.